The Bertz CT molecular complexity index is 411. The van der Waals surface area contributed by atoms with Gasteiger partial charge in [-0.2, -0.15) is 0 Å². The Kier molecular flexibility index (Phi) is 7.55. The molecule has 0 aliphatic carbocycles. The second-order valence-corrected chi connectivity index (χ2v) is 5.19. The zero-order valence-corrected chi connectivity index (χ0v) is 12.8. The van der Waals surface area contributed by atoms with E-state index >= 15 is 0 Å². The number of anilines is 1. The normalized spacial score (nSPS) is 14.1. The van der Waals surface area contributed by atoms with Crippen LogP contribution >= 0.6 is 23.2 Å². The number of nitrogens with one attached hydrogen (secondary N) is 1. The van der Waals surface area contributed by atoms with Crippen molar-refractivity contribution in [2.75, 3.05) is 32.2 Å². The van der Waals surface area contributed by atoms with Crippen LogP contribution in [0.4, 0.5) is 10.1 Å². The van der Waals surface area contributed by atoms with Crippen molar-refractivity contribution < 1.29 is 19.0 Å². The number of ether oxygens (including phenoxy) is 2. The first kappa shape index (κ1) is 17.5. The Morgan fingerprint density at radius 2 is 1.90 bits per heavy atom. The number of halogens is 3. The fourth-order valence-corrected chi connectivity index (χ4v) is 2.14. The molecule has 0 fully saturated rings. The molecule has 0 aliphatic heterocycles. The minimum atomic E-state index is -0.744. The number of aliphatic hydroxyl groups excluding tert-OH is 1. The number of rotatable bonds is 8. The first-order valence-electron chi connectivity index (χ1n) is 6.11. The summed E-state index contributed by atoms with van der Waals surface area (Å²) in [6.07, 6.45) is -0.848. The van der Waals surface area contributed by atoms with E-state index in [1.807, 2.05) is 6.92 Å². The number of benzene rings is 1. The number of hydrogen-bond acceptors (Lipinski definition) is 4. The van der Waals surface area contributed by atoms with Crippen molar-refractivity contribution in [2.45, 2.75) is 19.1 Å². The Balaban J connectivity index is 2.43. The van der Waals surface area contributed by atoms with Gasteiger partial charge in [-0.1, -0.05) is 23.2 Å². The molecule has 20 heavy (non-hydrogen) atoms. The highest BCUT2D eigenvalue weighted by atomic mass is 35.5. The van der Waals surface area contributed by atoms with E-state index in [-0.39, 0.29) is 29.3 Å². The minimum Gasteiger partial charge on any atom is -0.389 e. The maximum atomic E-state index is 13.0. The molecule has 1 aromatic rings. The van der Waals surface area contributed by atoms with Crippen LogP contribution in [-0.2, 0) is 9.47 Å². The molecule has 0 bridgehead atoms. The van der Waals surface area contributed by atoms with E-state index in [1.54, 1.807) is 7.11 Å². The van der Waals surface area contributed by atoms with E-state index in [1.165, 1.54) is 0 Å². The monoisotopic (exact) mass is 325 g/mol. The zero-order valence-electron chi connectivity index (χ0n) is 11.3. The molecular formula is C13H18Cl2FNO3. The van der Waals surface area contributed by atoms with Crippen LogP contribution in [0.2, 0.25) is 10.0 Å². The van der Waals surface area contributed by atoms with Gasteiger partial charge in [0.05, 0.1) is 41.2 Å². The van der Waals surface area contributed by atoms with E-state index in [0.717, 1.165) is 12.1 Å². The smallest absolute Gasteiger partial charge is 0.126 e. The lowest BCUT2D eigenvalue weighted by Crippen LogP contribution is -2.28. The summed E-state index contributed by atoms with van der Waals surface area (Å²) in [7, 11) is 1.58. The fraction of sp³-hybridized carbons (Fsp3) is 0.538. The highest BCUT2D eigenvalue weighted by molar-refractivity contribution is 6.39. The topological polar surface area (TPSA) is 50.7 Å². The molecule has 7 heteroatoms. The molecule has 0 spiro atoms. The van der Waals surface area contributed by atoms with Crippen molar-refractivity contribution in [3.8, 4) is 0 Å². The van der Waals surface area contributed by atoms with E-state index < -0.39 is 11.9 Å². The predicted octanol–water partition coefficient (Wildman–Crippen LogP) is 2.96. The fourth-order valence-electron chi connectivity index (χ4n) is 1.55. The molecule has 1 aromatic carbocycles. The molecule has 0 amide bonds. The van der Waals surface area contributed by atoms with Crippen molar-refractivity contribution in [1.29, 1.82) is 0 Å². The number of aliphatic hydroxyl groups is 1. The summed E-state index contributed by atoms with van der Waals surface area (Å²) < 4.78 is 23.3. The van der Waals surface area contributed by atoms with E-state index in [4.69, 9.17) is 32.7 Å². The van der Waals surface area contributed by atoms with Crippen molar-refractivity contribution in [2.24, 2.45) is 0 Å². The van der Waals surface area contributed by atoms with Gasteiger partial charge in [0.1, 0.15) is 5.82 Å². The standard InChI is InChI=1S/C13H18Cl2FNO3/c1-8(6-19-2)20-7-10(18)5-17-13-11(14)3-9(16)4-12(13)15/h3-4,8,10,17-18H,5-7H2,1-2H3. The molecule has 0 saturated carbocycles. The van der Waals surface area contributed by atoms with Gasteiger partial charge in [0.15, 0.2) is 0 Å². The Morgan fingerprint density at radius 1 is 1.30 bits per heavy atom. The second-order valence-electron chi connectivity index (χ2n) is 4.38. The Hall–Kier alpha value is -0.590. The van der Waals surface area contributed by atoms with Gasteiger partial charge < -0.3 is 19.9 Å². The molecule has 0 aromatic heterocycles. The third-order valence-corrected chi connectivity index (χ3v) is 3.09. The maximum absolute atomic E-state index is 13.0. The molecule has 2 atom stereocenters. The van der Waals surface area contributed by atoms with Gasteiger partial charge in [0, 0.05) is 13.7 Å². The summed E-state index contributed by atoms with van der Waals surface area (Å²) in [5, 5.41) is 13.0. The lowest BCUT2D eigenvalue weighted by atomic mass is 10.3. The third-order valence-electron chi connectivity index (χ3n) is 2.50. The van der Waals surface area contributed by atoms with Crippen LogP contribution in [0.1, 0.15) is 6.92 Å². The second kappa shape index (κ2) is 8.64. The van der Waals surface area contributed by atoms with Crippen molar-refractivity contribution in [3.05, 3.63) is 28.0 Å². The molecule has 114 valence electrons. The van der Waals surface area contributed by atoms with Crippen LogP contribution in [0.3, 0.4) is 0 Å². The molecule has 0 aliphatic rings. The van der Waals surface area contributed by atoms with Gasteiger partial charge in [-0.15, -0.1) is 0 Å². The maximum Gasteiger partial charge on any atom is 0.126 e. The van der Waals surface area contributed by atoms with Gasteiger partial charge >= 0.3 is 0 Å². The molecular weight excluding hydrogens is 308 g/mol. The van der Waals surface area contributed by atoms with E-state index in [2.05, 4.69) is 5.32 Å². The molecule has 4 nitrogen and oxygen atoms in total. The summed E-state index contributed by atoms with van der Waals surface area (Å²) in [5.74, 6) is -0.511. The molecule has 0 heterocycles. The third kappa shape index (κ3) is 5.81. The zero-order chi connectivity index (χ0) is 15.1. The summed E-state index contributed by atoms with van der Waals surface area (Å²) >= 11 is 11.7. The van der Waals surface area contributed by atoms with Crippen LogP contribution in [0.15, 0.2) is 12.1 Å². The minimum absolute atomic E-state index is 0.104. The van der Waals surface area contributed by atoms with Crippen LogP contribution in [0.25, 0.3) is 0 Å². The highest BCUT2D eigenvalue weighted by Gasteiger charge is 2.12. The summed E-state index contributed by atoms with van der Waals surface area (Å²) in [6.45, 7) is 2.63. The Morgan fingerprint density at radius 3 is 2.45 bits per heavy atom. The van der Waals surface area contributed by atoms with E-state index in [9.17, 15) is 9.50 Å². The van der Waals surface area contributed by atoms with Crippen LogP contribution < -0.4 is 5.32 Å². The average Bonchev–Trinajstić information content (AvgIpc) is 2.35. The quantitative estimate of drug-likeness (QED) is 0.771. The van der Waals surface area contributed by atoms with Crippen LogP contribution in [-0.4, -0.2) is 44.2 Å². The number of hydrogen-bond donors (Lipinski definition) is 2. The first-order valence-corrected chi connectivity index (χ1v) is 6.86. The molecule has 0 saturated heterocycles. The lowest BCUT2D eigenvalue weighted by Gasteiger charge is -2.17. The van der Waals surface area contributed by atoms with Crippen LogP contribution in [0, 0.1) is 5.82 Å². The van der Waals surface area contributed by atoms with Gasteiger partial charge in [-0.05, 0) is 19.1 Å². The largest absolute Gasteiger partial charge is 0.389 e. The summed E-state index contributed by atoms with van der Waals surface area (Å²) in [5.41, 5.74) is 0.388. The molecule has 2 unspecified atom stereocenters. The summed E-state index contributed by atoms with van der Waals surface area (Å²) in [6, 6.07) is 2.30. The van der Waals surface area contributed by atoms with Gasteiger partial charge in [0.25, 0.3) is 0 Å². The lowest BCUT2D eigenvalue weighted by molar-refractivity contribution is -0.0282. The Labute approximate surface area is 127 Å². The van der Waals surface area contributed by atoms with Crippen molar-refractivity contribution in [3.63, 3.8) is 0 Å². The van der Waals surface area contributed by atoms with Gasteiger partial charge in [-0.3, -0.25) is 0 Å². The van der Waals surface area contributed by atoms with Crippen LogP contribution in [0.5, 0.6) is 0 Å². The molecule has 2 N–H and O–H groups in total. The predicted molar refractivity (Wildman–Crippen MR) is 78.2 cm³/mol. The molecule has 0 radical (unpaired) electrons. The molecule has 1 rings (SSSR count). The number of methoxy groups -OCH3 is 1. The van der Waals surface area contributed by atoms with Gasteiger partial charge in [-0.25, -0.2) is 4.39 Å². The van der Waals surface area contributed by atoms with E-state index in [0.29, 0.717) is 12.3 Å². The van der Waals surface area contributed by atoms with Crippen molar-refractivity contribution in [1.82, 2.24) is 0 Å². The summed E-state index contributed by atoms with van der Waals surface area (Å²) in [4.78, 5) is 0. The average molecular weight is 326 g/mol. The first-order chi connectivity index (χ1) is 9.43. The highest BCUT2D eigenvalue weighted by Crippen LogP contribution is 2.31. The SMILES string of the molecule is COCC(C)OCC(O)CNc1c(Cl)cc(F)cc1Cl. The van der Waals surface area contributed by atoms with Crippen molar-refractivity contribution >= 4 is 28.9 Å². The van der Waals surface area contributed by atoms with Gasteiger partial charge in [0.2, 0.25) is 0 Å².